The van der Waals surface area contributed by atoms with Gasteiger partial charge in [0.2, 0.25) is 5.91 Å². The lowest BCUT2D eigenvalue weighted by Crippen LogP contribution is -2.50. The molecule has 0 saturated heterocycles. The van der Waals surface area contributed by atoms with Gasteiger partial charge in [0.1, 0.15) is 19.2 Å². The molecule has 2 amide bonds. The number of rotatable bonds is 10. The van der Waals surface area contributed by atoms with Gasteiger partial charge in [0.05, 0.1) is 6.61 Å². The normalized spacial score (nSPS) is 13.1. The number of carboxylic acid groups (broad SMARTS) is 1. The van der Waals surface area contributed by atoms with Crippen LogP contribution in [0.15, 0.2) is 48.5 Å². The molecule has 0 fully saturated rings. The van der Waals surface area contributed by atoms with Crippen LogP contribution in [0.1, 0.15) is 30.4 Å². The van der Waals surface area contributed by atoms with E-state index in [4.69, 9.17) is 14.6 Å². The van der Waals surface area contributed by atoms with Crippen LogP contribution in [0.4, 0.5) is 4.79 Å². The van der Waals surface area contributed by atoms with Crippen molar-refractivity contribution in [3.8, 4) is 11.1 Å². The zero-order valence-corrected chi connectivity index (χ0v) is 18.2. The standard InChI is InChI=1S/C24H28N2O6/c1-3-21(23(29)26(12-13-31-2)14-22(27)28)25-24(30)32-15-20-18-10-6-4-8-16(18)17-9-5-7-11-19(17)20/h4-11,20-21H,3,12-15H2,1-2H3,(H,25,30)(H,27,28)/t21-/m0/s1. The highest BCUT2D eigenvalue weighted by Crippen LogP contribution is 2.44. The zero-order valence-electron chi connectivity index (χ0n) is 18.2. The molecule has 0 spiro atoms. The number of carboxylic acids is 1. The van der Waals surface area contributed by atoms with Crippen LogP contribution in [0.3, 0.4) is 0 Å². The first kappa shape index (κ1) is 23.3. The molecule has 32 heavy (non-hydrogen) atoms. The Morgan fingerprint density at radius 1 is 1.06 bits per heavy atom. The van der Waals surface area contributed by atoms with Crippen molar-refractivity contribution in [3.63, 3.8) is 0 Å². The summed E-state index contributed by atoms with van der Waals surface area (Å²) in [5.74, 6) is -1.71. The molecule has 2 N–H and O–H groups in total. The van der Waals surface area contributed by atoms with Crippen molar-refractivity contribution in [1.29, 1.82) is 0 Å². The van der Waals surface area contributed by atoms with Crippen molar-refractivity contribution in [3.05, 3.63) is 59.7 Å². The maximum Gasteiger partial charge on any atom is 0.407 e. The number of hydrogen-bond acceptors (Lipinski definition) is 5. The highest BCUT2D eigenvalue weighted by molar-refractivity contribution is 5.88. The van der Waals surface area contributed by atoms with Gasteiger partial charge in [-0.15, -0.1) is 0 Å². The minimum Gasteiger partial charge on any atom is -0.480 e. The fourth-order valence-electron chi connectivity index (χ4n) is 3.97. The second kappa shape index (κ2) is 10.8. The van der Waals surface area contributed by atoms with E-state index in [9.17, 15) is 14.4 Å². The molecule has 1 aliphatic rings. The third-order valence-electron chi connectivity index (χ3n) is 5.55. The summed E-state index contributed by atoms with van der Waals surface area (Å²) >= 11 is 0. The number of amides is 2. The number of ether oxygens (including phenoxy) is 2. The summed E-state index contributed by atoms with van der Waals surface area (Å²) in [5.41, 5.74) is 4.44. The van der Waals surface area contributed by atoms with Crippen LogP contribution in [0.2, 0.25) is 0 Å². The predicted molar refractivity (Wildman–Crippen MR) is 118 cm³/mol. The molecular weight excluding hydrogens is 412 g/mol. The second-order valence-electron chi connectivity index (χ2n) is 7.58. The van der Waals surface area contributed by atoms with Crippen molar-refractivity contribution < 1.29 is 29.0 Å². The molecule has 3 rings (SSSR count). The SMILES string of the molecule is CC[C@H](NC(=O)OCC1c2ccccc2-c2ccccc21)C(=O)N(CCOC)CC(=O)O. The smallest absolute Gasteiger partial charge is 0.407 e. The molecule has 8 heteroatoms. The lowest BCUT2D eigenvalue weighted by atomic mass is 9.98. The lowest BCUT2D eigenvalue weighted by Gasteiger charge is -2.26. The zero-order chi connectivity index (χ0) is 23.1. The Bertz CT molecular complexity index is 931. The molecule has 170 valence electrons. The van der Waals surface area contributed by atoms with Crippen LogP contribution >= 0.6 is 0 Å². The van der Waals surface area contributed by atoms with Gasteiger partial charge >= 0.3 is 12.1 Å². The van der Waals surface area contributed by atoms with Gasteiger partial charge in [0, 0.05) is 19.6 Å². The summed E-state index contributed by atoms with van der Waals surface area (Å²) < 4.78 is 10.5. The second-order valence-corrected chi connectivity index (χ2v) is 7.58. The third kappa shape index (κ3) is 5.26. The highest BCUT2D eigenvalue weighted by atomic mass is 16.5. The van der Waals surface area contributed by atoms with Gasteiger partial charge in [-0.25, -0.2) is 4.79 Å². The van der Waals surface area contributed by atoms with E-state index in [0.29, 0.717) is 6.42 Å². The highest BCUT2D eigenvalue weighted by Gasteiger charge is 2.30. The molecule has 0 aromatic heterocycles. The molecule has 0 unspecified atom stereocenters. The van der Waals surface area contributed by atoms with E-state index in [-0.39, 0.29) is 25.7 Å². The maximum absolute atomic E-state index is 12.8. The van der Waals surface area contributed by atoms with Gasteiger partial charge in [-0.3, -0.25) is 9.59 Å². The first-order valence-corrected chi connectivity index (χ1v) is 10.6. The maximum atomic E-state index is 12.8. The molecule has 2 aromatic rings. The lowest BCUT2D eigenvalue weighted by molar-refractivity contribution is -0.145. The van der Waals surface area contributed by atoms with Gasteiger partial charge in [0.15, 0.2) is 0 Å². The van der Waals surface area contributed by atoms with Crippen molar-refractivity contribution >= 4 is 18.0 Å². The van der Waals surface area contributed by atoms with E-state index in [0.717, 1.165) is 27.2 Å². The van der Waals surface area contributed by atoms with Crippen molar-refractivity contribution in [1.82, 2.24) is 10.2 Å². The number of hydrogen-bond donors (Lipinski definition) is 2. The summed E-state index contributed by atoms with van der Waals surface area (Å²) in [4.78, 5) is 37.6. The Hall–Kier alpha value is -3.39. The van der Waals surface area contributed by atoms with E-state index in [2.05, 4.69) is 17.4 Å². The number of nitrogens with zero attached hydrogens (tertiary/aromatic N) is 1. The molecule has 0 heterocycles. The Kier molecular flexibility index (Phi) is 7.83. The fourth-order valence-corrected chi connectivity index (χ4v) is 3.97. The first-order chi connectivity index (χ1) is 15.5. The number of carbonyl (C=O) groups is 3. The van der Waals surface area contributed by atoms with Crippen LogP contribution in [-0.2, 0) is 19.1 Å². The van der Waals surface area contributed by atoms with E-state index in [1.807, 2.05) is 36.4 Å². The van der Waals surface area contributed by atoms with Gasteiger partial charge in [-0.1, -0.05) is 55.5 Å². The number of fused-ring (bicyclic) bond motifs is 3. The average molecular weight is 440 g/mol. The van der Waals surface area contributed by atoms with E-state index in [1.165, 1.54) is 7.11 Å². The minimum atomic E-state index is -1.13. The monoisotopic (exact) mass is 440 g/mol. The molecule has 2 aromatic carbocycles. The molecular formula is C24H28N2O6. The van der Waals surface area contributed by atoms with Crippen molar-refractivity contribution in [2.75, 3.05) is 33.4 Å². The van der Waals surface area contributed by atoms with Gasteiger partial charge in [-0.05, 0) is 28.7 Å². The van der Waals surface area contributed by atoms with Crippen LogP contribution < -0.4 is 5.32 Å². The molecule has 0 saturated carbocycles. The molecule has 0 bridgehead atoms. The van der Waals surface area contributed by atoms with Crippen LogP contribution in [0, 0.1) is 0 Å². The molecule has 1 aliphatic carbocycles. The van der Waals surface area contributed by atoms with E-state index in [1.54, 1.807) is 6.92 Å². The number of methoxy groups -OCH3 is 1. The van der Waals surface area contributed by atoms with Gasteiger partial charge < -0.3 is 24.8 Å². The van der Waals surface area contributed by atoms with E-state index < -0.39 is 30.6 Å². The summed E-state index contributed by atoms with van der Waals surface area (Å²) in [6.45, 7) is 1.71. The molecule has 1 atom stereocenters. The molecule has 0 radical (unpaired) electrons. The Morgan fingerprint density at radius 2 is 1.66 bits per heavy atom. The number of carbonyl (C=O) groups excluding carboxylic acids is 2. The van der Waals surface area contributed by atoms with Crippen molar-refractivity contribution in [2.24, 2.45) is 0 Å². The summed E-state index contributed by atoms with van der Waals surface area (Å²) in [7, 11) is 1.47. The number of alkyl carbamates (subject to hydrolysis) is 1. The number of nitrogens with one attached hydrogen (secondary N) is 1. The Morgan fingerprint density at radius 3 is 2.19 bits per heavy atom. The quantitative estimate of drug-likeness (QED) is 0.589. The molecule has 0 aliphatic heterocycles. The third-order valence-corrected chi connectivity index (χ3v) is 5.55. The largest absolute Gasteiger partial charge is 0.480 e. The molecule has 8 nitrogen and oxygen atoms in total. The summed E-state index contributed by atoms with van der Waals surface area (Å²) in [6.07, 6.45) is -0.416. The summed E-state index contributed by atoms with van der Waals surface area (Å²) in [6, 6.07) is 15.2. The first-order valence-electron chi connectivity index (χ1n) is 10.6. The van der Waals surface area contributed by atoms with E-state index >= 15 is 0 Å². The van der Waals surface area contributed by atoms with Gasteiger partial charge in [0.25, 0.3) is 0 Å². The Balaban J connectivity index is 1.64. The number of aliphatic carboxylic acids is 1. The van der Waals surface area contributed by atoms with Crippen LogP contribution in [0.25, 0.3) is 11.1 Å². The topological polar surface area (TPSA) is 105 Å². The van der Waals surface area contributed by atoms with Gasteiger partial charge in [-0.2, -0.15) is 0 Å². The predicted octanol–water partition coefficient (Wildman–Crippen LogP) is 2.86. The average Bonchev–Trinajstić information content (AvgIpc) is 3.12. The van der Waals surface area contributed by atoms with Crippen LogP contribution in [-0.4, -0.2) is 67.4 Å². The minimum absolute atomic E-state index is 0.0888. The van der Waals surface area contributed by atoms with Crippen LogP contribution in [0.5, 0.6) is 0 Å². The number of benzene rings is 2. The Labute approximate surface area is 187 Å². The summed E-state index contributed by atoms with van der Waals surface area (Å²) in [5, 5.41) is 11.7. The fraction of sp³-hybridized carbons (Fsp3) is 0.375. The van der Waals surface area contributed by atoms with Crippen molar-refractivity contribution in [2.45, 2.75) is 25.3 Å².